The van der Waals surface area contributed by atoms with Crippen LogP contribution < -0.4 is 10.9 Å². The molecule has 28 heavy (non-hydrogen) atoms. The molecule has 0 radical (unpaired) electrons. The number of hydrogen-bond acceptors (Lipinski definition) is 9. The smallest absolute Gasteiger partial charge is 0.348 e. The highest BCUT2D eigenvalue weighted by Gasteiger charge is 2.21. The van der Waals surface area contributed by atoms with Crippen molar-refractivity contribution in [2.24, 2.45) is 5.92 Å². The van der Waals surface area contributed by atoms with Crippen LogP contribution in [0.5, 0.6) is 0 Å². The van der Waals surface area contributed by atoms with Crippen LogP contribution in [0.1, 0.15) is 34.1 Å². The van der Waals surface area contributed by atoms with Gasteiger partial charge in [0.05, 0.1) is 18.3 Å². The van der Waals surface area contributed by atoms with Gasteiger partial charge in [0, 0.05) is 0 Å². The van der Waals surface area contributed by atoms with Crippen LogP contribution in [-0.4, -0.2) is 38.2 Å². The summed E-state index contributed by atoms with van der Waals surface area (Å²) >= 11 is 2.36. The van der Waals surface area contributed by atoms with Gasteiger partial charge >= 0.3 is 5.97 Å². The van der Waals surface area contributed by atoms with Gasteiger partial charge in [0.25, 0.3) is 5.56 Å². The van der Waals surface area contributed by atoms with Crippen molar-refractivity contribution in [1.82, 2.24) is 19.7 Å². The molecule has 0 bridgehead atoms. The summed E-state index contributed by atoms with van der Waals surface area (Å²) in [7, 11) is 0. The van der Waals surface area contributed by atoms with Crippen LogP contribution in [0.4, 0.5) is 5.13 Å². The molecule has 3 aromatic rings. The molecule has 3 heterocycles. The fourth-order valence-corrected chi connectivity index (χ4v) is 4.08. The van der Waals surface area contributed by atoms with Crippen molar-refractivity contribution in [3.63, 3.8) is 0 Å². The fraction of sp³-hybridized carbons (Fsp3) is 0.412. The van der Waals surface area contributed by atoms with Gasteiger partial charge < -0.3 is 4.74 Å². The second-order valence-electron chi connectivity index (χ2n) is 6.58. The molecule has 0 unspecified atom stereocenters. The minimum absolute atomic E-state index is 0.212. The van der Waals surface area contributed by atoms with Crippen molar-refractivity contribution < 1.29 is 14.3 Å². The van der Waals surface area contributed by atoms with E-state index in [9.17, 15) is 14.4 Å². The number of thiophene rings is 1. The Labute approximate surface area is 168 Å². The maximum atomic E-state index is 12.8. The Bertz CT molecular complexity index is 1100. The Hall–Kier alpha value is -2.66. The first-order chi connectivity index (χ1) is 13.3. The van der Waals surface area contributed by atoms with Gasteiger partial charge in [0.15, 0.2) is 0 Å². The van der Waals surface area contributed by atoms with E-state index >= 15 is 0 Å². The molecule has 3 aromatic heterocycles. The van der Waals surface area contributed by atoms with Gasteiger partial charge in [-0.25, -0.2) is 9.78 Å². The average Bonchev–Trinajstić information content (AvgIpc) is 3.18. The molecule has 3 rings (SSSR count). The normalized spacial score (nSPS) is 11.2. The van der Waals surface area contributed by atoms with E-state index in [0.717, 1.165) is 16.3 Å². The molecule has 0 spiro atoms. The first-order valence-electron chi connectivity index (χ1n) is 8.52. The molecular weight excluding hydrogens is 402 g/mol. The Kier molecular flexibility index (Phi) is 5.84. The highest BCUT2D eigenvalue weighted by Crippen LogP contribution is 2.27. The first-order valence-corrected chi connectivity index (χ1v) is 10.1. The number of nitrogens with zero attached hydrogens (tertiary/aromatic N) is 4. The number of fused-ring (bicyclic) bond motifs is 1. The van der Waals surface area contributed by atoms with Crippen LogP contribution in [0, 0.1) is 19.8 Å². The van der Waals surface area contributed by atoms with E-state index in [1.165, 1.54) is 22.2 Å². The number of aryl methyl sites for hydroxylation is 2. The van der Waals surface area contributed by atoms with Crippen molar-refractivity contribution in [1.29, 1.82) is 0 Å². The highest BCUT2D eigenvalue weighted by atomic mass is 32.1. The standard InChI is InChI=1S/C17H19N5O4S2/c1-8(2)6-26-16(25)13-9(3)12-14(28-13)18-7-22(15(12)24)5-11(23)19-17-21-20-10(4)27-17/h7-8H,5-6H2,1-4H3,(H,19,21,23). The van der Waals surface area contributed by atoms with Crippen molar-refractivity contribution in [2.45, 2.75) is 34.2 Å². The second-order valence-corrected chi connectivity index (χ2v) is 8.76. The number of carbonyl (C=O) groups excluding carboxylic acids is 2. The van der Waals surface area contributed by atoms with Gasteiger partial charge in [-0.2, -0.15) is 0 Å². The number of carbonyl (C=O) groups is 2. The number of nitrogens with one attached hydrogen (secondary N) is 1. The summed E-state index contributed by atoms with van der Waals surface area (Å²) < 4.78 is 6.46. The Morgan fingerprint density at radius 2 is 2.00 bits per heavy atom. The predicted octanol–water partition coefficient (Wildman–Crippen LogP) is 2.38. The number of rotatable bonds is 6. The molecule has 0 saturated heterocycles. The maximum absolute atomic E-state index is 12.8. The van der Waals surface area contributed by atoms with Crippen LogP contribution in [0.3, 0.4) is 0 Å². The van der Waals surface area contributed by atoms with Crippen molar-refractivity contribution in [2.75, 3.05) is 11.9 Å². The van der Waals surface area contributed by atoms with E-state index in [2.05, 4.69) is 20.5 Å². The number of aromatic nitrogens is 4. The quantitative estimate of drug-likeness (QED) is 0.607. The van der Waals surface area contributed by atoms with E-state index < -0.39 is 11.9 Å². The minimum atomic E-state index is -0.468. The minimum Gasteiger partial charge on any atom is -0.461 e. The van der Waals surface area contributed by atoms with E-state index in [0.29, 0.717) is 32.4 Å². The van der Waals surface area contributed by atoms with Gasteiger partial charge in [-0.15, -0.1) is 21.5 Å². The van der Waals surface area contributed by atoms with E-state index in [1.807, 2.05) is 13.8 Å². The van der Waals surface area contributed by atoms with Gasteiger partial charge in [-0.05, 0) is 25.3 Å². The van der Waals surface area contributed by atoms with Gasteiger partial charge in [-0.1, -0.05) is 25.2 Å². The van der Waals surface area contributed by atoms with Crippen LogP contribution in [-0.2, 0) is 16.1 Å². The molecule has 0 aliphatic rings. The zero-order valence-electron chi connectivity index (χ0n) is 15.8. The number of ether oxygens (including phenoxy) is 1. The predicted molar refractivity (Wildman–Crippen MR) is 107 cm³/mol. The van der Waals surface area contributed by atoms with Gasteiger partial charge in [0.1, 0.15) is 21.3 Å². The van der Waals surface area contributed by atoms with Crippen LogP contribution in [0.2, 0.25) is 0 Å². The fourth-order valence-electron chi connectivity index (χ4n) is 2.44. The molecule has 1 N–H and O–H groups in total. The Morgan fingerprint density at radius 1 is 1.25 bits per heavy atom. The Balaban J connectivity index is 1.84. The topological polar surface area (TPSA) is 116 Å². The molecule has 1 amide bonds. The number of hydrogen-bond donors (Lipinski definition) is 1. The molecule has 9 nitrogen and oxygen atoms in total. The maximum Gasteiger partial charge on any atom is 0.348 e. The number of anilines is 1. The molecule has 0 aliphatic heterocycles. The summed E-state index contributed by atoms with van der Waals surface area (Å²) in [5.74, 6) is -0.669. The molecular formula is C17H19N5O4S2. The third-order valence-electron chi connectivity index (χ3n) is 3.74. The largest absolute Gasteiger partial charge is 0.461 e. The molecule has 0 aliphatic carbocycles. The van der Waals surface area contributed by atoms with Crippen molar-refractivity contribution >= 4 is 49.9 Å². The van der Waals surface area contributed by atoms with Gasteiger partial charge in [0.2, 0.25) is 11.0 Å². The SMILES string of the molecule is Cc1nnc(NC(=O)Cn2cnc3sc(C(=O)OCC(C)C)c(C)c3c2=O)s1. The zero-order valence-corrected chi connectivity index (χ0v) is 17.4. The molecule has 0 fully saturated rings. The van der Waals surface area contributed by atoms with E-state index in [-0.39, 0.29) is 18.0 Å². The summed E-state index contributed by atoms with van der Waals surface area (Å²) in [6, 6.07) is 0. The summed E-state index contributed by atoms with van der Waals surface area (Å²) in [4.78, 5) is 42.3. The van der Waals surface area contributed by atoms with Gasteiger partial charge in [-0.3, -0.25) is 19.5 Å². The van der Waals surface area contributed by atoms with Crippen molar-refractivity contribution in [3.8, 4) is 0 Å². The molecule has 0 saturated carbocycles. The summed E-state index contributed by atoms with van der Waals surface area (Å²) in [6.07, 6.45) is 1.30. The third-order valence-corrected chi connectivity index (χ3v) is 5.67. The molecule has 148 valence electrons. The molecule has 0 aromatic carbocycles. The lowest BCUT2D eigenvalue weighted by molar-refractivity contribution is -0.116. The zero-order chi connectivity index (χ0) is 20.4. The van der Waals surface area contributed by atoms with E-state index in [4.69, 9.17) is 4.74 Å². The lowest BCUT2D eigenvalue weighted by Crippen LogP contribution is -2.27. The lowest BCUT2D eigenvalue weighted by atomic mass is 10.2. The van der Waals surface area contributed by atoms with Crippen LogP contribution in [0.25, 0.3) is 10.2 Å². The van der Waals surface area contributed by atoms with Crippen LogP contribution >= 0.6 is 22.7 Å². The summed E-state index contributed by atoms with van der Waals surface area (Å²) in [6.45, 7) is 7.43. The Morgan fingerprint density at radius 3 is 2.64 bits per heavy atom. The van der Waals surface area contributed by atoms with Crippen LogP contribution in [0.15, 0.2) is 11.1 Å². The summed E-state index contributed by atoms with van der Waals surface area (Å²) in [5.41, 5.74) is 0.131. The molecule has 0 atom stereocenters. The number of esters is 1. The lowest BCUT2D eigenvalue weighted by Gasteiger charge is -2.06. The summed E-state index contributed by atoms with van der Waals surface area (Å²) in [5, 5.41) is 11.7. The monoisotopic (exact) mass is 421 g/mol. The molecule has 11 heteroatoms. The average molecular weight is 422 g/mol. The number of amides is 1. The highest BCUT2D eigenvalue weighted by molar-refractivity contribution is 7.20. The van der Waals surface area contributed by atoms with E-state index in [1.54, 1.807) is 13.8 Å². The van der Waals surface area contributed by atoms with Crippen molar-refractivity contribution in [3.05, 3.63) is 32.1 Å². The third kappa shape index (κ3) is 4.25. The second kappa shape index (κ2) is 8.15. The first kappa shape index (κ1) is 20.1.